The highest BCUT2D eigenvalue weighted by Gasteiger charge is 2.19. The maximum atomic E-state index is 13.2. The summed E-state index contributed by atoms with van der Waals surface area (Å²) in [5.41, 5.74) is 1.56. The lowest BCUT2D eigenvalue weighted by Gasteiger charge is -2.07. The van der Waals surface area contributed by atoms with Gasteiger partial charge in [0.1, 0.15) is 5.82 Å². The van der Waals surface area contributed by atoms with Crippen molar-refractivity contribution in [1.29, 1.82) is 0 Å². The van der Waals surface area contributed by atoms with Crippen LogP contribution in [0.5, 0.6) is 5.75 Å². The van der Waals surface area contributed by atoms with Crippen LogP contribution in [0.2, 0.25) is 0 Å². The molecular formula is C21H23FN4O4S. The van der Waals surface area contributed by atoms with Crippen molar-refractivity contribution in [2.75, 3.05) is 13.2 Å². The normalized spacial score (nSPS) is 11.3. The van der Waals surface area contributed by atoms with E-state index in [0.717, 1.165) is 12.0 Å². The Bertz CT molecular complexity index is 1140. The summed E-state index contributed by atoms with van der Waals surface area (Å²) in [5.74, 6) is -0.442. The number of nitrogens with two attached hydrogens (primary N) is 1. The molecule has 2 aromatic carbocycles. The number of benzene rings is 2. The highest BCUT2D eigenvalue weighted by Crippen LogP contribution is 2.20. The second-order valence-electron chi connectivity index (χ2n) is 6.81. The molecule has 0 spiro atoms. The number of sulfonamides is 1. The van der Waals surface area contributed by atoms with E-state index in [-0.39, 0.29) is 16.4 Å². The van der Waals surface area contributed by atoms with Gasteiger partial charge in [-0.05, 0) is 54.8 Å². The van der Waals surface area contributed by atoms with Gasteiger partial charge in [-0.15, -0.1) is 0 Å². The average molecular weight is 447 g/mol. The van der Waals surface area contributed by atoms with Crippen molar-refractivity contribution in [3.63, 3.8) is 0 Å². The van der Waals surface area contributed by atoms with Gasteiger partial charge >= 0.3 is 0 Å². The van der Waals surface area contributed by atoms with Gasteiger partial charge < -0.3 is 10.1 Å². The molecule has 0 fully saturated rings. The second kappa shape index (κ2) is 9.71. The molecule has 1 heterocycles. The minimum atomic E-state index is -3.74. The molecule has 3 rings (SSSR count). The predicted molar refractivity (Wildman–Crippen MR) is 113 cm³/mol. The van der Waals surface area contributed by atoms with E-state index in [1.165, 1.54) is 28.9 Å². The molecule has 1 aromatic heterocycles. The molecule has 8 nitrogen and oxygen atoms in total. The van der Waals surface area contributed by atoms with Crippen LogP contribution in [-0.4, -0.2) is 37.3 Å². The Labute approximate surface area is 179 Å². The van der Waals surface area contributed by atoms with Crippen molar-refractivity contribution in [3.05, 3.63) is 71.8 Å². The number of hydrogen-bond donors (Lipinski definition) is 2. The molecule has 0 atom stereocenters. The first-order valence-corrected chi connectivity index (χ1v) is 11.2. The number of halogens is 1. The van der Waals surface area contributed by atoms with E-state index in [4.69, 9.17) is 9.88 Å². The molecule has 31 heavy (non-hydrogen) atoms. The number of rotatable bonds is 9. The molecule has 0 aliphatic heterocycles. The molecule has 10 heteroatoms. The smallest absolute Gasteiger partial charge is 0.275 e. The number of amides is 1. The van der Waals surface area contributed by atoms with E-state index in [0.29, 0.717) is 31.0 Å². The molecular weight excluding hydrogens is 423 g/mol. The Hall–Kier alpha value is -3.24. The van der Waals surface area contributed by atoms with Crippen LogP contribution < -0.4 is 15.2 Å². The van der Waals surface area contributed by atoms with E-state index in [9.17, 15) is 17.6 Å². The Morgan fingerprint density at radius 2 is 1.84 bits per heavy atom. The first-order valence-electron chi connectivity index (χ1n) is 9.66. The van der Waals surface area contributed by atoms with Gasteiger partial charge in [0, 0.05) is 6.54 Å². The fourth-order valence-corrected chi connectivity index (χ4v) is 3.32. The van der Waals surface area contributed by atoms with Gasteiger partial charge in [-0.2, -0.15) is 5.10 Å². The van der Waals surface area contributed by atoms with E-state index >= 15 is 0 Å². The van der Waals surface area contributed by atoms with Crippen LogP contribution in [0.25, 0.3) is 5.69 Å². The third kappa shape index (κ3) is 5.89. The van der Waals surface area contributed by atoms with Crippen molar-refractivity contribution in [1.82, 2.24) is 15.1 Å². The topological polar surface area (TPSA) is 116 Å². The minimum Gasteiger partial charge on any atom is -0.489 e. The summed E-state index contributed by atoms with van der Waals surface area (Å²) in [6, 6.07) is 11.9. The highest BCUT2D eigenvalue weighted by atomic mass is 32.2. The third-order valence-corrected chi connectivity index (χ3v) is 5.33. The maximum Gasteiger partial charge on any atom is 0.275 e. The lowest BCUT2D eigenvalue weighted by Crippen LogP contribution is -2.26. The van der Waals surface area contributed by atoms with Gasteiger partial charge in [-0.3, -0.25) is 4.79 Å². The van der Waals surface area contributed by atoms with Crippen LogP contribution in [0.4, 0.5) is 4.39 Å². The fourth-order valence-electron chi connectivity index (χ4n) is 2.81. The van der Waals surface area contributed by atoms with Gasteiger partial charge in [-0.25, -0.2) is 22.6 Å². The maximum absolute atomic E-state index is 13.2. The van der Waals surface area contributed by atoms with Crippen LogP contribution in [0.3, 0.4) is 0 Å². The molecule has 1 amide bonds. The van der Waals surface area contributed by atoms with E-state index < -0.39 is 15.9 Å². The summed E-state index contributed by atoms with van der Waals surface area (Å²) >= 11 is 0. The van der Waals surface area contributed by atoms with E-state index in [1.54, 1.807) is 30.5 Å². The number of ether oxygens (including phenoxy) is 1. The number of carbonyl (C=O) groups is 1. The van der Waals surface area contributed by atoms with Crippen LogP contribution >= 0.6 is 0 Å². The van der Waals surface area contributed by atoms with Crippen LogP contribution in [0.1, 0.15) is 29.4 Å². The first-order chi connectivity index (χ1) is 14.8. The molecule has 0 saturated heterocycles. The summed E-state index contributed by atoms with van der Waals surface area (Å²) in [5, 5.41) is 12.2. The minimum absolute atomic E-state index is 0.0318. The molecule has 0 bridgehead atoms. The largest absolute Gasteiger partial charge is 0.489 e. The Balaban J connectivity index is 1.69. The summed E-state index contributed by atoms with van der Waals surface area (Å²) in [7, 11) is -3.74. The molecule has 0 unspecified atom stereocenters. The van der Waals surface area contributed by atoms with Crippen molar-refractivity contribution < 1.29 is 22.3 Å². The van der Waals surface area contributed by atoms with Gasteiger partial charge in [-0.1, -0.05) is 19.1 Å². The van der Waals surface area contributed by atoms with Crippen LogP contribution in [0.15, 0.2) is 59.6 Å². The number of nitrogens with zero attached hydrogens (tertiary/aromatic N) is 2. The van der Waals surface area contributed by atoms with Gasteiger partial charge in [0.05, 0.1) is 23.4 Å². The molecule has 164 valence electrons. The SMILES string of the molecule is CCCOc1cn(-c2ccc(F)cc2)nc1C(=O)NCCc1ccc(S(N)(=O)=O)cc1. The van der Waals surface area contributed by atoms with Crippen molar-refractivity contribution in [3.8, 4) is 11.4 Å². The van der Waals surface area contributed by atoms with Crippen molar-refractivity contribution in [2.45, 2.75) is 24.7 Å². The average Bonchev–Trinajstić information content (AvgIpc) is 3.16. The lowest BCUT2D eigenvalue weighted by atomic mass is 10.1. The quantitative estimate of drug-likeness (QED) is 0.524. The Kier molecular flexibility index (Phi) is 7.03. The fraction of sp³-hybridized carbons (Fsp3) is 0.238. The number of primary sulfonamides is 1. The van der Waals surface area contributed by atoms with Crippen molar-refractivity contribution in [2.24, 2.45) is 5.14 Å². The van der Waals surface area contributed by atoms with Gasteiger partial charge in [0.2, 0.25) is 10.0 Å². The summed E-state index contributed by atoms with van der Waals surface area (Å²) in [4.78, 5) is 12.7. The number of hydrogen-bond acceptors (Lipinski definition) is 5. The molecule has 0 saturated carbocycles. The molecule has 3 N–H and O–H groups in total. The molecule has 0 radical (unpaired) electrons. The summed E-state index contributed by atoms with van der Waals surface area (Å²) in [6.07, 6.45) is 2.83. The van der Waals surface area contributed by atoms with Gasteiger partial charge in [0.15, 0.2) is 11.4 Å². The van der Waals surface area contributed by atoms with E-state index in [2.05, 4.69) is 10.4 Å². The van der Waals surface area contributed by atoms with Crippen LogP contribution in [0, 0.1) is 5.82 Å². The summed E-state index contributed by atoms with van der Waals surface area (Å²) in [6.45, 7) is 2.68. The predicted octanol–water partition coefficient (Wildman–Crippen LogP) is 2.42. The van der Waals surface area contributed by atoms with Crippen molar-refractivity contribution >= 4 is 15.9 Å². The van der Waals surface area contributed by atoms with E-state index in [1.807, 2.05) is 6.92 Å². The number of aromatic nitrogens is 2. The zero-order valence-electron chi connectivity index (χ0n) is 16.9. The first kappa shape index (κ1) is 22.4. The lowest BCUT2D eigenvalue weighted by molar-refractivity contribution is 0.0944. The summed E-state index contributed by atoms with van der Waals surface area (Å²) < 4.78 is 42.9. The Morgan fingerprint density at radius 3 is 2.45 bits per heavy atom. The van der Waals surface area contributed by atoms with Gasteiger partial charge in [0.25, 0.3) is 5.91 Å². The monoisotopic (exact) mass is 446 g/mol. The highest BCUT2D eigenvalue weighted by molar-refractivity contribution is 7.89. The zero-order valence-corrected chi connectivity index (χ0v) is 17.7. The molecule has 0 aliphatic carbocycles. The van der Waals surface area contributed by atoms with Crippen LogP contribution in [-0.2, 0) is 16.4 Å². The molecule has 3 aromatic rings. The third-order valence-electron chi connectivity index (χ3n) is 4.40. The molecule has 0 aliphatic rings. The zero-order chi connectivity index (χ0) is 22.4. The number of nitrogens with one attached hydrogen (secondary N) is 1. The second-order valence-corrected chi connectivity index (χ2v) is 8.37. The number of carbonyl (C=O) groups excluding carboxylic acids is 1. The Morgan fingerprint density at radius 1 is 1.16 bits per heavy atom. The standard InChI is InChI=1S/C21H23FN4O4S/c1-2-13-30-19-14-26(17-7-5-16(22)6-8-17)25-20(19)21(27)24-12-11-15-3-9-18(10-4-15)31(23,28)29/h3-10,14H,2,11-13H2,1H3,(H,24,27)(H2,23,28,29).